The van der Waals surface area contributed by atoms with Crippen molar-refractivity contribution in [1.29, 1.82) is 0 Å². The zero-order valence-corrected chi connectivity index (χ0v) is 10.1. The largest absolute Gasteiger partial charge is 0.316 e. The normalized spacial score (nSPS) is 21.6. The molecule has 1 aromatic rings. The number of halogens is 2. The predicted octanol–water partition coefficient (Wildman–Crippen LogP) is 2.27. The quantitative estimate of drug-likeness (QED) is 0.875. The van der Waals surface area contributed by atoms with Crippen LogP contribution in [0, 0.1) is 5.82 Å². The molecule has 0 radical (unpaired) electrons. The molecule has 1 unspecified atom stereocenters. The molecule has 0 spiro atoms. The second-order valence-corrected chi connectivity index (χ2v) is 4.67. The van der Waals surface area contributed by atoms with Crippen molar-refractivity contribution >= 4 is 11.6 Å². The van der Waals surface area contributed by atoms with Crippen LogP contribution in [-0.2, 0) is 6.54 Å². The highest BCUT2D eigenvalue weighted by Gasteiger charge is 2.20. The molecule has 1 heterocycles. The first kappa shape index (κ1) is 11.8. The fourth-order valence-corrected chi connectivity index (χ4v) is 2.31. The molecule has 4 heteroatoms. The van der Waals surface area contributed by atoms with E-state index < -0.39 is 0 Å². The summed E-state index contributed by atoms with van der Waals surface area (Å²) < 4.78 is 13.0. The first-order valence-corrected chi connectivity index (χ1v) is 5.90. The third-order valence-corrected chi connectivity index (χ3v) is 3.36. The first-order chi connectivity index (χ1) is 7.69. The van der Waals surface area contributed by atoms with E-state index in [0.29, 0.717) is 6.04 Å². The lowest BCUT2D eigenvalue weighted by atomic mass is 10.2. The Balaban J connectivity index is 1.97. The summed E-state index contributed by atoms with van der Waals surface area (Å²) in [6.45, 7) is 2.98. The van der Waals surface area contributed by atoms with Crippen LogP contribution < -0.4 is 5.32 Å². The Bertz CT molecular complexity index is 370. The lowest BCUT2D eigenvalue weighted by molar-refractivity contribution is 0.322. The SMILES string of the molecule is CNC1CCN(Cc2ccc(F)c(Cl)c2)C1. The molecule has 88 valence electrons. The van der Waals surface area contributed by atoms with Crippen molar-refractivity contribution in [2.24, 2.45) is 0 Å². The van der Waals surface area contributed by atoms with Gasteiger partial charge < -0.3 is 5.32 Å². The lowest BCUT2D eigenvalue weighted by Crippen LogP contribution is -2.29. The third kappa shape index (κ3) is 2.73. The monoisotopic (exact) mass is 242 g/mol. The van der Waals surface area contributed by atoms with Crippen molar-refractivity contribution in [3.8, 4) is 0 Å². The second-order valence-electron chi connectivity index (χ2n) is 4.26. The van der Waals surface area contributed by atoms with E-state index in [9.17, 15) is 4.39 Å². The van der Waals surface area contributed by atoms with Gasteiger partial charge >= 0.3 is 0 Å². The van der Waals surface area contributed by atoms with Gasteiger partial charge in [0.1, 0.15) is 5.82 Å². The number of likely N-dealkylation sites (tertiary alicyclic amines) is 1. The molecule has 2 rings (SSSR count). The van der Waals surface area contributed by atoms with Crippen molar-refractivity contribution in [2.75, 3.05) is 20.1 Å². The van der Waals surface area contributed by atoms with Crippen molar-refractivity contribution in [3.05, 3.63) is 34.6 Å². The van der Waals surface area contributed by atoms with Gasteiger partial charge in [0.15, 0.2) is 0 Å². The van der Waals surface area contributed by atoms with Gasteiger partial charge in [-0.25, -0.2) is 4.39 Å². The zero-order chi connectivity index (χ0) is 11.5. The molecule has 1 N–H and O–H groups in total. The van der Waals surface area contributed by atoms with E-state index in [1.165, 1.54) is 12.5 Å². The maximum absolute atomic E-state index is 13.0. The fraction of sp³-hybridized carbons (Fsp3) is 0.500. The Morgan fingerprint density at radius 2 is 2.38 bits per heavy atom. The number of benzene rings is 1. The maximum Gasteiger partial charge on any atom is 0.141 e. The Labute approximate surface area is 100 Å². The predicted molar refractivity (Wildman–Crippen MR) is 64.2 cm³/mol. The minimum Gasteiger partial charge on any atom is -0.316 e. The summed E-state index contributed by atoms with van der Waals surface area (Å²) in [7, 11) is 1.99. The molecule has 1 aromatic carbocycles. The number of likely N-dealkylation sites (N-methyl/N-ethyl adjacent to an activating group) is 1. The van der Waals surface area contributed by atoms with Crippen LogP contribution in [0.15, 0.2) is 18.2 Å². The van der Waals surface area contributed by atoms with Gasteiger partial charge in [0, 0.05) is 25.7 Å². The lowest BCUT2D eigenvalue weighted by Gasteiger charge is -2.16. The summed E-state index contributed by atoms with van der Waals surface area (Å²) in [5, 5.41) is 3.48. The Kier molecular flexibility index (Phi) is 3.79. The van der Waals surface area contributed by atoms with Crippen LogP contribution in [0.2, 0.25) is 5.02 Å². The molecule has 0 saturated carbocycles. The van der Waals surface area contributed by atoms with E-state index in [-0.39, 0.29) is 10.8 Å². The van der Waals surface area contributed by atoms with E-state index in [4.69, 9.17) is 11.6 Å². The Morgan fingerprint density at radius 1 is 1.56 bits per heavy atom. The molecule has 16 heavy (non-hydrogen) atoms. The van der Waals surface area contributed by atoms with Gasteiger partial charge in [-0.1, -0.05) is 17.7 Å². The minimum atomic E-state index is -0.347. The Hall–Kier alpha value is -0.640. The molecule has 2 nitrogen and oxygen atoms in total. The highest BCUT2D eigenvalue weighted by molar-refractivity contribution is 6.30. The van der Waals surface area contributed by atoms with Crippen molar-refractivity contribution in [1.82, 2.24) is 10.2 Å². The highest BCUT2D eigenvalue weighted by Crippen LogP contribution is 2.19. The standard InChI is InChI=1S/C12H16ClFN2/c1-15-10-4-5-16(8-10)7-9-2-3-12(14)11(13)6-9/h2-3,6,10,15H,4-5,7-8H2,1H3. The molecule has 1 aliphatic rings. The van der Waals surface area contributed by atoms with Crippen LogP contribution in [0.25, 0.3) is 0 Å². The van der Waals surface area contributed by atoms with Crippen LogP contribution in [0.5, 0.6) is 0 Å². The summed E-state index contributed by atoms with van der Waals surface area (Å²) in [5.41, 5.74) is 1.07. The van der Waals surface area contributed by atoms with Crippen LogP contribution in [0.4, 0.5) is 4.39 Å². The molecular weight excluding hydrogens is 227 g/mol. The van der Waals surface area contributed by atoms with Gasteiger partial charge in [0.05, 0.1) is 5.02 Å². The van der Waals surface area contributed by atoms with Crippen LogP contribution >= 0.6 is 11.6 Å². The van der Waals surface area contributed by atoms with Gasteiger partial charge in [0.2, 0.25) is 0 Å². The van der Waals surface area contributed by atoms with Crippen LogP contribution in [-0.4, -0.2) is 31.1 Å². The number of nitrogens with zero attached hydrogens (tertiary/aromatic N) is 1. The molecule has 1 fully saturated rings. The van der Waals surface area contributed by atoms with Crippen LogP contribution in [0.1, 0.15) is 12.0 Å². The number of hydrogen-bond donors (Lipinski definition) is 1. The van der Waals surface area contributed by atoms with Gasteiger partial charge in [-0.05, 0) is 31.2 Å². The van der Waals surface area contributed by atoms with E-state index in [1.807, 2.05) is 7.05 Å². The molecule has 0 amide bonds. The van der Waals surface area contributed by atoms with E-state index in [0.717, 1.165) is 25.2 Å². The summed E-state index contributed by atoms with van der Waals surface area (Å²) in [5.74, 6) is -0.347. The van der Waals surface area contributed by atoms with Crippen molar-refractivity contribution in [2.45, 2.75) is 19.0 Å². The van der Waals surface area contributed by atoms with Crippen molar-refractivity contribution in [3.63, 3.8) is 0 Å². The number of hydrogen-bond acceptors (Lipinski definition) is 2. The number of nitrogens with one attached hydrogen (secondary N) is 1. The van der Waals surface area contributed by atoms with Crippen LogP contribution in [0.3, 0.4) is 0 Å². The molecule has 1 saturated heterocycles. The second kappa shape index (κ2) is 5.13. The smallest absolute Gasteiger partial charge is 0.141 e. The van der Waals surface area contributed by atoms with E-state index in [1.54, 1.807) is 12.1 Å². The fourth-order valence-electron chi connectivity index (χ4n) is 2.11. The highest BCUT2D eigenvalue weighted by atomic mass is 35.5. The summed E-state index contributed by atoms with van der Waals surface area (Å²) >= 11 is 5.75. The topological polar surface area (TPSA) is 15.3 Å². The maximum atomic E-state index is 13.0. The average molecular weight is 243 g/mol. The summed E-state index contributed by atoms with van der Waals surface area (Å²) in [6.07, 6.45) is 1.17. The average Bonchev–Trinajstić information content (AvgIpc) is 2.71. The minimum absolute atomic E-state index is 0.210. The van der Waals surface area contributed by atoms with Gasteiger partial charge in [-0.3, -0.25) is 4.90 Å². The zero-order valence-electron chi connectivity index (χ0n) is 9.34. The molecule has 0 aliphatic carbocycles. The van der Waals surface area contributed by atoms with E-state index >= 15 is 0 Å². The first-order valence-electron chi connectivity index (χ1n) is 5.52. The summed E-state index contributed by atoms with van der Waals surface area (Å²) in [4.78, 5) is 2.35. The summed E-state index contributed by atoms with van der Waals surface area (Å²) in [6, 6.07) is 5.52. The van der Waals surface area contributed by atoms with Gasteiger partial charge in [0.25, 0.3) is 0 Å². The molecular formula is C12H16ClFN2. The number of rotatable bonds is 3. The van der Waals surface area contributed by atoms with Gasteiger partial charge in [-0.15, -0.1) is 0 Å². The molecule has 0 aromatic heterocycles. The third-order valence-electron chi connectivity index (χ3n) is 3.07. The van der Waals surface area contributed by atoms with E-state index in [2.05, 4.69) is 10.2 Å². The molecule has 0 bridgehead atoms. The van der Waals surface area contributed by atoms with Crippen molar-refractivity contribution < 1.29 is 4.39 Å². The molecule has 1 aliphatic heterocycles. The molecule has 1 atom stereocenters. The van der Waals surface area contributed by atoms with Gasteiger partial charge in [-0.2, -0.15) is 0 Å². The Morgan fingerprint density at radius 3 is 3.00 bits per heavy atom.